The largest absolute Gasteiger partial charge is 0.756 e. The average Bonchev–Trinajstić information content (AvgIpc) is 3.70. The third kappa shape index (κ3) is 69.7. The van der Waals surface area contributed by atoms with Gasteiger partial charge in [-0.15, -0.1) is 0 Å². The van der Waals surface area contributed by atoms with Crippen molar-refractivity contribution in [2.45, 2.75) is 386 Å². The number of nitrogens with zero attached hydrogens (tertiary/aromatic N) is 1. The molecule has 0 saturated heterocycles. The quantitative estimate of drug-likeness (QED) is 0.0272. The first-order chi connectivity index (χ1) is 42.0. The van der Waals surface area contributed by atoms with Crippen molar-refractivity contribution < 1.29 is 32.9 Å². The maximum absolute atomic E-state index is 13.1. The molecule has 0 spiro atoms. The Hall–Kier alpha value is -1.80. The molecule has 0 aromatic heterocycles. The minimum Gasteiger partial charge on any atom is -0.756 e. The summed E-state index contributed by atoms with van der Waals surface area (Å²) in [6.45, 7) is 4.67. The Kier molecular flexibility index (Phi) is 66.2. The van der Waals surface area contributed by atoms with Gasteiger partial charge < -0.3 is 28.8 Å². The van der Waals surface area contributed by atoms with Crippen molar-refractivity contribution in [3.8, 4) is 0 Å². The number of hydrogen-bond acceptors (Lipinski definition) is 6. The zero-order valence-electron chi connectivity index (χ0n) is 58.0. The van der Waals surface area contributed by atoms with Gasteiger partial charge in [0.2, 0.25) is 5.91 Å². The number of aliphatic hydroxyl groups excluding tert-OH is 1. The molecule has 8 nitrogen and oxygen atoms in total. The van der Waals surface area contributed by atoms with E-state index < -0.39 is 26.6 Å². The summed E-state index contributed by atoms with van der Waals surface area (Å²) in [5, 5.41) is 14.0. The number of allylic oxidation sites excluding steroid dienone is 9. The summed E-state index contributed by atoms with van der Waals surface area (Å²) in [5.41, 5.74) is 0. The summed E-state index contributed by atoms with van der Waals surface area (Å²) in [4.78, 5) is 25.7. The molecule has 0 bridgehead atoms. The monoisotopic (exact) mass is 1230 g/mol. The van der Waals surface area contributed by atoms with Gasteiger partial charge in [-0.25, -0.2) is 0 Å². The van der Waals surface area contributed by atoms with E-state index >= 15 is 0 Å². The number of rotatable bonds is 70. The Morgan fingerprint density at radius 2 is 0.686 bits per heavy atom. The molecule has 86 heavy (non-hydrogen) atoms. The fourth-order valence-corrected chi connectivity index (χ4v) is 12.1. The number of aliphatic hydroxyl groups is 1. The fraction of sp³-hybridized carbons (Fsp3) is 0.857. The average molecular weight is 1230 g/mol. The molecule has 0 aromatic carbocycles. The number of phosphoric acid groups is 1. The van der Waals surface area contributed by atoms with Gasteiger partial charge in [-0.1, -0.05) is 357 Å². The van der Waals surface area contributed by atoms with Crippen LogP contribution in [0.15, 0.2) is 60.8 Å². The van der Waals surface area contributed by atoms with E-state index in [4.69, 9.17) is 9.05 Å². The van der Waals surface area contributed by atoms with Gasteiger partial charge in [0, 0.05) is 6.42 Å². The van der Waals surface area contributed by atoms with Crippen LogP contribution < -0.4 is 10.2 Å². The first-order valence-electron chi connectivity index (χ1n) is 37.7. The SMILES string of the molecule is CCCCCCC/C=C\C/C=C\C/C=C\CCCCCCCCCCCCCCCCCCCCC(=O)NC(COP(=O)([O-])OCC[N+](C)(C)C)C(O)/C=C/CC/C=C/CCCCCCCCCCCCCCCCCCCCCCCCCCC. The minimum atomic E-state index is -4.62. The molecule has 0 aliphatic carbocycles. The maximum Gasteiger partial charge on any atom is 0.268 e. The number of carbonyl (C=O) groups excluding carboxylic acids is 1. The smallest absolute Gasteiger partial charge is 0.268 e. The van der Waals surface area contributed by atoms with Crippen molar-refractivity contribution in [1.82, 2.24) is 5.32 Å². The lowest BCUT2D eigenvalue weighted by Crippen LogP contribution is -2.45. The van der Waals surface area contributed by atoms with Crippen molar-refractivity contribution in [2.75, 3.05) is 40.9 Å². The normalized spacial score (nSPS) is 13.9. The Balaban J connectivity index is 4.04. The van der Waals surface area contributed by atoms with Crippen LogP contribution in [0.3, 0.4) is 0 Å². The van der Waals surface area contributed by atoms with Gasteiger partial charge in [-0.2, -0.15) is 0 Å². The third-order valence-electron chi connectivity index (χ3n) is 17.2. The summed E-state index contributed by atoms with van der Waals surface area (Å²) < 4.78 is 23.5. The van der Waals surface area contributed by atoms with Crippen LogP contribution in [0.5, 0.6) is 0 Å². The van der Waals surface area contributed by atoms with Crippen LogP contribution in [0.1, 0.15) is 373 Å². The van der Waals surface area contributed by atoms with Crippen LogP contribution in [0.2, 0.25) is 0 Å². The second-order valence-corrected chi connectivity index (χ2v) is 28.4. The van der Waals surface area contributed by atoms with E-state index in [0.29, 0.717) is 17.4 Å². The standard InChI is InChI=1S/C77H147N2O6P/c1-6-8-10-12-14-16-18-20-22-24-26-28-30-32-34-36-38-39-41-43-45-47-49-51-53-55-57-59-61-63-65-67-69-71-77(81)78-75(74-85-86(82,83)84-73-72-79(3,4)5)76(80)70-68-66-64-62-60-58-56-54-52-50-48-46-44-42-40-37-35-33-31-29-27-25-23-21-19-17-15-13-11-9-7-2/h18,20,24,26,30,32,60,62,68,70,75-76,80H,6-17,19,21-23,25,27-29,31,33-59,61,63-67,69,71-74H2,1-5H3,(H-,78,81,82,83)/b20-18-,26-24-,32-30-,62-60+,70-68+. The van der Waals surface area contributed by atoms with Crippen LogP contribution in [0, 0.1) is 0 Å². The second kappa shape index (κ2) is 67.6. The van der Waals surface area contributed by atoms with Gasteiger partial charge in [-0.05, 0) is 70.6 Å². The number of phosphoric ester groups is 1. The molecule has 0 aliphatic rings. The number of hydrogen-bond donors (Lipinski definition) is 2. The predicted molar refractivity (Wildman–Crippen MR) is 376 cm³/mol. The first kappa shape index (κ1) is 84.2. The lowest BCUT2D eigenvalue weighted by atomic mass is 10.0. The van der Waals surface area contributed by atoms with Crippen molar-refractivity contribution in [3.63, 3.8) is 0 Å². The van der Waals surface area contributed by atoms with Gasteiger partial charge in [0.1, 0.15) is 13.2 Å². The Morgan fingerprint density at radius 1 is 0.407 bits per heavy atom. The molecular weight excluding hydrogens is 1080 g/mol. The van der Waals surface area contributed by atoms with E-state index in [1.165, 1.54) is 302 Å². The van der Waals surface area contributed by atoms with Crippen molar-refractivity contribution in [1.29, 1.82) is 0 Å². The number of quaternary nitrogens is 1. The molecule has 0 aliphatic heterocycles. The summed E-state index contributed by atoms with van der Waals surface area (Å²) >= 11 is 0. The van der Waals surface area contributed by atoms with E-state index in [9.17, 15) is 19.4 Å². The molecule has 0 aromatic rings. The highest BCUT2D eigenvalue weighted by molar-refractivity contribution is 7.45. The van der Waals surface area contributed by atoms with Gasteiger partial charge >= 0.3 is 0 Å². The number of amides is 1. The van der Waals surface area contributed by atoms with Gasteiger partial charge in [-0.3, -0.25) is 9.36 Å². The van der Waals surface area contributed by atoms with E-state index in [-0.39, 0.29) is 12.5 Å². The minimum absolute atomic E-state index is 0.00618. The molecule has 0 rings (SSSR count). The van der Waals surface area contributed by atoms with E-state index in [1.807, 2.05) is 27.2 Å². The predicted octanol–water partition coefficient (Wildman–Crippen LogP) is 23.7. The van der Waals surface area contributed by atoms with Crippen LogP contribution in [-0.4, -0.2) is 68.5 Å². The Labute approximate surface area is 536 Å². The topological polar surface area (TPSA) is 108 Å². The first-order valence-corrected chi connectivity index (χ1v) is 39.1. The molecule has 1 amide bonds. The highest BCUT2D eigenvalue weighted by atomic mass is 31.2. The highest BCUT2D eigenvalue weighted by Gasteiger charge is 2.23. The molecule has 0 heterocycles. The fourth-order valence-electron chi connectivity index (χ4n) is 11.4. The Bertz CT molecular complexity index is 1590. The van der Waals surface area contributed by atoms with E-state index in [2.05, 4.69) is 67.8 Å². The lowest BCUT2D eigenvalue weighted by Gasteiger charge is -2.29. The van der Waals surface area contributed by atoms with Crippen LogP contribution in [-0.2, 0) is 18.4 Å². The third-order valence-corrected chi connectivity index (χ3v) is 18.2. The molecular formula is C77H147N2O6P. The molecule has 0 radical (unpaired) electrons. The molecule has 2 N–H and O–H groups in total. The van der Waals surface area contributed by atoms with Crippen molar-refractivity contribution >= 4 is 13.7 Å². The Morgan fingerprint density at radius 3 is 1.02 bits per heavy atom. The van der Waals surface area contributed by atoms with E-state index in [0.717, 1.165) is 51.4 Å². The molecule has 9 heteroatoms. The van der Waals surface area contributed by atoms with Crippen molar-refractivity contribution in [2.24, 2.45) is 0 Å². The summed E-state index contributed by atoms with van der Waals surface area (Å²) in [6.07, 6.45) is 93.7. The van der Waals surface area contributed by atoms with Crippen LogP contribution in [0.25, 0.3) is 0 Å². The van der Waals surface area contributed by atoms with Crippen LogP contribution in [0.4, 0.5) is 0 Å². The van der Waals surface area contributed by atoms with E-state index in [1.54, 1.807) is 6.08 Å². The lowest BCUT2D eigenvalue weighted by molar-refractivity contribution is -0.870. The summed E-state index contributed by atoms with van der Waals surface area (Å²) in [7, 11) is 1.26. The van der Waals surface area contributed by atoms with Gasteiger partial charge in [0.25, 0.3) is 7.82 Å². The summed E-state index contributed by atoms with van der Waals surface area (Å²) in [5.74, 6) is -0.202. The highest BCUT2D eigenvalue weighted by Crippen LogP contribution is 2.38. The number of nitrogens with one attached hydrogen (secondary N) is 1. The van der Waals surface area contributed by atoms with Gasteiger partial charge in [0.05, 0.1) is 39.9 Å². The molecule has 506 valence electrons. The van der Waals surface area contributed by atoms with Gasteiger partial charge in [0.15, 0.2) is 0 Å². The molecule has 3 atom stereocenters. The molecule has 0 saturated carbocycles. The molecule has 0 fully saturated rings. The maximum atomic E-state index is 13.1. The number of likely N-dealkylation sites (N-methyl/N-ethyl adjacent to an activating group) is 1. The van der Waals surface area contributed by atoms with Crippen LogP contribution >= 0.6 is 7.82 Å². The molecule has 3 unspecified atom stereocenters. The summed E-state index contributed by atoms with van der Waals surface area (Å²) in [6, 6.07) is -0.907. The van der Waals surface area contributed by atoms with Crippen molar-refractivity contribution in [3.05, 3.63) is 60.8 Å². The second-order valence-electron chi connectivity index (χ2n) is 27.0. The zero-order chi connectivity index (χ0) is 62.6. The number of carbonyl (C=O) groups is 1. The number of unbranched alkanes of at least 4 members (excludes halogenated alkanes) is 49. The zero-order valence-corrected chi connectivity index (χ0v) is 58.9.